The number of hydrogen-bond donors (Lipinski definition) is 1. The monoisotopic (exact) mass is 380 g/mol. The molecule has 1 aliphatic heterocycles. The average molecular weight is 381 g/mol. The van der Waals surface area contributed by atoms with Crippen molar-refractivity contribution in [3.05, 3.63) is 59.9 Å². The molecule has 1 heterocycles. The molecule has 0 unspecified atom stereocenters. The second kappa shape index (κ2) is 9.22. The van der Waals surface area contributed by atoms with Crippen LogP contribution in [0.4, 0.5) is 10.1 Å². The lowest BCUT2D eigenvalue weighted by Gasteiger charge is -2.28. The van der Waals surface area contributed by atoms with Crippen LogP contribution in [-0.4, -0.2) is 36.2 Å². The van der Waals surface area contributed by atoms with Gasteiger partial charge in [-0.05, 0) is 75.4 Å². The van der Waals surface area contributed by atoms with Crippen molar-refractivity contribution < 1.29 is 23.0 Å². The summed E-state index contributed by atoms with van der Waals surface area (Å²) in [5.74, 6) is -0.570. The quantitative estimate of drug-likeness (QED) is 0.869. The summed E-state index contributed by atoms with van der Waals surface area (Å²) in [6.07, 6.45) is 2.38. The number of benzene rings is 2. The highest BCUT2D eigenvalue weighted by molar-refractivity contribution is 8.00. The second-order valence-electron chi connectivity index (χ2n) is 6.11. The minimum atomic E-state index is -0.344. The lowest BCUT2D eigenvalue weighted by atomic mass is 10.1. The Labute approximate surface area is 159 Å². The number of anilines is 1. The van der Waals surface area contributed by atoms with E-state index < -0.39 is 0 Å². The molecule has 25 heavy (non-hydrogen) atoms. The van der Waals surface area contributed by atoms with E-state index in [4.69, 9.17) is 0 Å². The Hall–Kier alpha value is -1.56. The summed E-state index contributed by atoms with van der Waals surface area (Å²) in [4.78, 5) is 15.7. The van der Waals surface area contributed by atoms with Crippen LogP contribution >= 0.6 is 11.8 Å². The van der Waals surface area contributed by atoms with Gasteiger partial charge < -0.3 is 22.6 Å². The second-order valence-corrected chi connectivity index (χ2v) is 7.48. The number of carbonyl (C=O) groups is 1. The molecular formula is C19H22ClFN2OS. The zero-order valence-corrected chi connectivity index (χ0v) is 15.6. The van der Waals surface area contributed by atoms with E-state index in [0.29, 0.717) is 10.8 Å². The Morgan fingerprint density at radius 1 is 1.20 bits per heavy atom. The van der Waals surface area contributed by atoms with Gasteiger partial charge in [0.15, 0.2) is 0 Å². The molecule has 134 valence electrons. The van der Waals surface area contributed by atoms with E-state index in [2.05, 4.69) is 23.3 Å². The summed E-state index contributed by atoms with van der Waals surface area (Å²) in [5, 5.41) is 3.51. The van der Waals surface area contributed by atoms with Gasteiger partial charge >= 0.3 is 1.43 Å². The van der Waals surface area contributed by atoms with E-state index in [1.54, 1.807) is 0 Å². The molecule has 0 spiro atoms. The molecule has 0 bridgehead atoms. The lowest BCUT2D eigenvalue weighted by molar-refractivity contribution is -0.0000131. The van der Waals surface area contributed by atoms with E-state index in [1.165, 1.54) is 42.0 Å². The van der Waals surface area contributed by atoms with Crippen LogP contribution in [0.5, 0.6) is 0 Å². The molecule has 1 aliphatic rings. The van der Waals surface area contributed by atoms with Crippen molar-refractivity contribution in [2.75, 3.05) is 25.5 Å². The van der Waals surface area contributed by atoms with Crippen LogP contribution in [0.15, 0.2) is 53.4 Å². The third kappa shape index (κ3) is 5.73. The molecule has 0 aromatic heterocycles. The Balaban J connectivity index is 0.00000169. The third-order valence-corrected chi connectivity index (χ3v) is 5.50. The van der Waals surface area contributed by atoms with Crippen molar-refractivity contribution in [2.45, 2.75) is 23.0 Å². The first-order valence-corrected chi connectivity index (χ1v) is 9.00. The van der Waals surface area contributed by atoms with Crippen LogP contribution in [0.3, 0.4) is 0 Å². The molecule has 0 radical (unpaired) electrons. The normalized spacial score (nSPS) is 15.4. The molecule has 1 N–H and O–H groups in total. The van der Waals surface area contributed by atoms with Gasteiger partial charge in [0, 0.05) is 21.4 Å². The fourth-order valence-electron chi connectivity index (χ4n) is 2.75. The summed E-state index contributed by atoms with van der Waals surface area (Å²) in [7, 11) is 2.16. The van der Waals surface area contributed by atoms with Gasteiger partial charge in [0.05, 0.1) is 0 Å². The van der Waals surface area contributed by atoms with E-state index >= 15 is 0 Å². The van der Waals surface area contributed by atoms with Crippen LogP contribution < -0.4 is 17.7 Å². The molecule has 0 aliphatic carbocycles. The summed E-state index contributed by atoms with van der Waals surface area (Å²) < 4.78 is 12.9. The first kappa shape index (κ1) is 19.8. The molecule has 2 aromatic carbocycles. The number of halogens is 2. The summed E-state index contributed by atoms with van der Waals surface area (Å²) in [6, 6.07) is 13.5. The fraction of sp³-hybridized carbons (Fsp3) is 0.316. The van der Waals surface area contributed by atoms with E-state index in [1.807, 2.05) is 30.0 Å². The van der Waals surface area contributed by atoms with Gasteiger partial charge in [0.2, 0.25) is 0 Å². The molecule has 1 saturated heterocycles. The predicted octanol–water partition coefficient (Wildman–Crippen LogP) is 1.38. The molecule has 1 fully saturated rings. The Bertz CT molecular complexity index is 709. The van der Waals surface area contributed by atoms with Gasteiger partial charge in [-0.3, -0.25) is 4.79 Å². The largest absolute Gasteiger partial charge is 1.00 e. The Morgan fingerprint density at radius 2 is 1.88 bits per heavy atom. The van der Waals surface area contributed by atoms with Crippen LogP contribution in [0.2, 0.25) is 0 Å². The maximum Gasteiger partial charge on any atom is 1.00 e. The molecule has 0 saturated carbocycles. The number of carbonyl (C=O) groups excluding carboxylic acids is 1. The third-order valence-electron chi connectivity index (χ3n) is 4.17. The van der Waals surface area contributed by atoms with E-state index in [9.17, 15) is 9.18 Å². The Morgan fingerprint density at radius 3 is 2.56 bits per heavy atom. The topological polar surface area (TPSA) is 32.3 Å². The number of nitrogens with one attached hydrogen (secondary N) is 1. The van der Waals surface area contributed by atoms with E-state index in [0.717, 1.165) is 18.8 Å². The average Bonchev–Trinajstić information content (AvgIpc) is 2.58. The maximum atomic E-state index is 12.9. The smallest absolute Gasteiger partial charge is 1.00 e. The van der Waals surface area contributed by atoms with Crippen LogP contribution in [0, 0.1) is 5.82 Å². The first-order valence-electron chi connectivity index (χ1n) is 8.12. The van der Waals surface area contributed by atoms with Crippen LogP contribution in [-0.2, 0) is 0 Å². The summed E-state index contributed by atoms with van der Waals surface area (Å²) in [6.45, 7) is 2.28. The highest BCUT2D eigenvalue weighted by Gasteiger charge is 2.17. The minimum Gasteiger partial charge on any atom is -1.00 e. The number of nitrogens with zero attached hydrogens (tertiary/aromatic N) is 1. The zero-order chi connectivity index (χ0) is 16.9. The number of likely N-dealkylation sites (tertiary alicyclic amines) is 1. The SMILES string of the molecule is CN1CCC(Sc2cccc(NC(=O)c3ccc(F)cc3)c2)CC1.[Cl-].[H+]. The number of rotatable bonds is 4. The molecule has 0 atom stereocenters. The lowest BCUT2D eigenvalue weighted by Crippen LogP contribution is -3.00. The summed E-state index contributed by atoms with van der Waals surface area (Å²) >= 11 is 1.88. The fourth-order valence-corrected chi connectivity index (χ4v) is 3.93. The highest BCUT2D eigenvalue weighted by atomic mass is 35.5. The van der Waals surface area contributed by atoms with Gasteiger partial charge in [-0.2, -0.15) is 0 Å². The standard InChI is InChI=1S/C19H21FN2OS.ClH/c1-22-11-9-17(10-12-22)24-18-4-2-3-16(13-18)21-19(23)14-5-7-15(20)8-6-14;/h2-8,13,17H,9-12H2,1H3,(H,21,23);1H. The van der Waals surface area contributed by atoms with Crippen LogP contribution in [0.1, 0.15) is 24.6 Å². The van der Waals surface area contributed by atoms with Gasteiger partial charge in [-0.15, -0.1) is 11.8 Å². The van der Waals surface area contributed by atoms with Gasteiger partial charge in [0.1, 0.15) is 5.82 Å². The van der Waals surface area contributed by atoms with Gasteiger partial charge in [-0.1, -0.05) is 6.07 Å². The maximum absolute atomic E-state index is 12.9. The predicted molar refractivity (Wildman–Crippen MR) is 98.3 cm³/mol. The molecular weight excluding hydrogens is 359 g/mol. The van der Waals surface area contributed by atoms with Crippen molar-refractivity contribution in [3.63, 3.8) is 0 Å². The molecule has 3 rings (SSSR count). The van der Waals surface area contributed by atoms with Crippen molar-refractivity contribution in [1.29, 1.82) is 0 Å². The van der Waals surface area contributed by atoms with Crippen molar-refractivity contribution in [2.24, 2.45) is 0 Å². The van der Waals surface area contributed by atoms with Gasteiger partial charge in [0.25, 0.3) is 5.91 Å². The number of hydrogen-bond acceptors (Lipinski definition) is 3. The molecule has 2 aromatic rings. The van der Waals surface area contributed by atoms with Crippen molar-refractivity contribution in [3.8, 4) is 0 Å². The zero-order valence-electron chi connectivity index (χ0n) is 15.0. The molecule has 1 amide bonds. The number of amides is 1. The number of thioether (sulfide) groups is 1. The first-order chi connectivity index (χ1) is 11.6. The minimum absolute atomic E-state index is 0. The van der Waals surface area contributed by atoms with Crippen molar-refractivity contribution in [1.82, 2.24) is 4.90 Å². The van der Waals surface area contributed by atoms with Crippen LogP contribution in [0.25, 0.3) is 0 Å². The van der Waals surface area contributed by atoms with Crippen molar-refractivity contribution >= 4 is 23.4 Å². The van der Waals surface area contributed by atoms with Gasteiger partial charge in [-0.25, -0.2) is 4.39 Å². The van der Waals surface area contributed by atoms with E-state index in [-0.39, 0.29) is 25.6 Å². The highest BCUT2D eigenvalue weighted by Crippen LogP contribution is 2.31. The molecule has 3 nitrogen and oxygen atoms in total. The summed E-state index contributed by atoms with van der Waals surface area (Å²) in [5.41, 5.74) is 1.21. The number of piperidine rings is 1. The molecule has 6 heteroatoms. The Kier molecular flexibility index (Phi) is 7.29.